The van der Waals surface area contributed by atoms with Crippen LogP contribution in [0.5, 0.6) is 0 Å². The summed E-state index contributed by atoms with van der Waals surface area (Å²) in [5.41, 5.74) is 7.11. The van der Waals surface area contributed by atoms with E-state index < -0.39 is 15.9 Å². The molecule has 2 atom stereocenters. The molecule has 1 aliphatic rings. The Balaban J connectivity index is 2.06. The molecule has 1 aromatic rings. The van der Waals surface area contributed by atoms with E-state index in [2.05, 4.69) is 26.0 Å². The molecule has 0 aliphatic carbocycles. The molecule has 0 radical (unpaired) electrons. The van der Waals surface area contributed by atoms with Gasteiger partial charge in [-0.3, -0.25) is 4.79 Å². The molecule has 1 aliphatic heterocycles. The number of carbonyl (C=O) groups excluding carboxylic acids is 1. The van der Waals surface area contributed by atoms with E-state index in [9.17, 15) is 13.2 Å². The van der Waals surface area contributed by atoms with E-state index in [4.69, 9.17) is 5.73 Å². The highest BCUT2D eigenvalue weighted by Gasteiger charge is 2.42. The van der Waals surface area contributed by atoms with Gasteiger partial charge in [0.05, 0.1) is 11.8 Å². The van der Waals surface area contributed by atoms with Crippen LogP contribution in [0.1, 0.15) is 31.7 Å². The van der Waals surface area contributed by atoms with Crippen molar-refractivity contribution in [2.45, 2.75) is 32.2 Å². The lowest BCUT2D eigenvalue weighted by atomic mass is 9.78. The van der Waals surface area contributed by atoms with Crippen molar-refractivity contribution in [3.8, 4) is 0 Å². The zero-order valence-corrected chi connectivity index (χ0v) is 14.8. The first-order chi connectivity index (χ1) is 10.6. The molecule has 1 amide bonds. The molecule has 5 nitrogen and oxygen atoms in total. The van der Waals surface area contributed by atoms with Crippen molar-refractivity contribution in [2.24, 2.45) is 11.1 Å². The van der Waals surface area contributed by atoms with E-state index in [0.29, 0.717) is 13.1 Å². The third-order valence-corrected chi connectivity index (χ3v) is 5.55. The van der Waals surface area contributed by atoms with Gasteiger partial charge in [-0.15, -0.1) is 0 Å². The summed E-state index contributed by atoms with van der Waals surface area (Å²) in [7, 11) is -3.10. The van der Waals surface area contributed by atoms with Gasteiger partial charge in [-0.1, -0.05) is 44.2 Å². The summed E-state index contributed by atoms with van der Waals surface area (Å²) in [6, 6.07) is 9.42. The number of rotatable bonds is 5. The number of likely N-dealkylation sites (tertiary alicyclic amines) is 1. The third-order valence-electron chi connectivity index (χ3n) is 4.58. The van der Waals surface area contributed by atoms with Crippen LogP contribution in [0.3, 0.4) is 0 Å². The second-order valence-corrected chi connectivity index (χ2v) is 9.46. The monoisotopic (exact) mass is 338 g/mol. The second kappa shape index (κ2) is 6.61. The SMILES string of the molecule is CC1(C)CN(C(=O)[C@H](N)CCS(C)(=O)=O)C[C@@H]1c1ccccc1. The minimum Gasteiger partial charge on any atom is -0.340 e. The molecule has 2 rings (SSSR count). The number of nitrogens with two attached hydrogens (primary N) is 1. The molecule has 0 bridgehead atoms. The van der Waals surface area contributed by atoms with Crippen molar-refractivity contribution in [2.75, 3.05) is 25.1 Å². The average Bonchev–Trinajstić information content (AvgIpc) is 2.79. The van der Waals surface area contributed by atoms with Crippen molar-refractivity contribution >= 4 is 15.7 Å². The Labute approximate surface area is 138 Å². The Bertz CT molecular complexity index is 656. The van der Waals surface area contributed by atoms with Gasteiger partial charge in [0.2, 0.25) is 5.91 Å². The minimum atomic E-state index is -3.10. The van der Waals surface area contributed by atoms with Gasteiger partial charge in [0.15, 0.2) is 0 Å². The molecule has 1 saturated heterocycles. The molecule has 0 spiro atoms. The third kappa shape index (κ3) is 4.54. The predicted octanol–water partition coefficient (Wildman–Crippen LogP) is 1.40. The fourth-order valence-corrected chi connectivity index (χ4v) is 3.93. The molecular formula is C17H26N2O3S. The predicted molar refractivity (Wildman–Crippen MR) is 91.8 cm³/mol. The zero-order chi connectivity index (χ0) is 17.3. The van der Waals surface area contributed by atoms with Crippen molar-refractivity contribution in [3.63, 3.8) is 0 Å². The van der Waals surface area contributed by atoms with Crippen LogP contribution in [0.4, 0.5) is 0 Å². The number of amides is 1. The first-order valence-electron chi connectivity index (χ1n) is 7.87. The summed E-state index contributed by atoms with van der Waals surface area (Å²) in [6.07, 6.45) is 1.33. The molecule has 128 valence electrons. The highest BCUT2D eigenvalue weighted by atomic mass is 32.2. The zero-order valence-electron chi connectivity index (χ0n) is 14.0. The van der Waals surface area contributed by atoms with Gasteiger partial charge >= 0.3 is 0 Å². The van der Waals surface area contributed by atoms with Gasteiger partial charge in [0.1, 0.15) is 9.84 Å². The summed E-state index contributed by atoms with van der Waals surface area (Å²) in [5.74, 6) is 0.0501. The van der Waals surface area contributed by atoms with Gasteiger partial charge in [0, 0.05) is 25.3 Å². The van der Waals surface area contributed by atoms with Gasteiger partial charge in [-0.05, 0) is 17.4 Å². The van der Waals surface area contributed by atoms with Crippen LogP contribution in [-0.4, -0.2) is 50.4 Å². The molecule has 0 unspecified atom stereocenters. The molecule has 6 heteroatoms. The summed E-state index contributed by atoms with van der Waals surface area (Å²) >= 11 is 0. The molecule has 2 N–H and O–H groups in total. The standard InChI is InChI=1S/C17H26N2O3S/c1-17(2)12-19(11-14(17)13-7-5-4-6-8-13)16(20)15(18)9-10-23(3,21)22/h4-8,14-15H,9-12,18H2,1-3H3/t14-,15-/m1/s1. The minimum absolute atomic E-state index is 0.0342. The Morgan fingerprint density at radius 1 is 1.35 bits per heavy atom. The van der Waals surface area contributed by atoms with Crippen molar-refractivity contribution in [3.05, 3.63) is 35.9 Å². The van der Waals surface area contributed by atoms with Crippen LogP contribution >= 0.6 is 0 Å². The molecule has 1 fully saturated rings. The molecular weight excluding hydrogens is 312 g/mol. The Morgan fingerprint density at radius 2 is 1.96 bits per heavy atom. The maximum absolute atomic E-state index is 12.5. The van der Waals surface area contributed by atoms with Crippen LogP contribution < -0.4 is 5.73 Å². The maximum atomic E-state index is 12.5. The van der Waals surface area contributed by atoms with Gasteiger partial charge < -0.3 is 10.6 Å². The van der Waals surface area contributed by atoms with Crippen LogP contribution in [-0.2, 0) is 14.6 Å². The van der Waals surface area contributed by atoms with Crippen LogP contribution in [0.25, 0.3) is 0 Å². The smallest absolute Gasteiger partial charge is 0.239 e. The van der Waals surface area contributed by atoms with Gasteiger partial charge in [0.25, 0.3) is 0 Å². The highest BCUT2D eigenvalue weighted by molar-refractivity contribution is 7.90. The first-order valence-corrected chi connectivity index (χ1v) is 9.93. The Hall–Kier alpha value is -1.40. The van der Waals surface area contributed by atoms with E-state index >= 15 is 0 Å². The van der Waals surface area contributed by atoms with Crippen LogP contribution in [0.15, 0.2) is 30.3 Å². The van der Waals surface area contributed by atoms with Crippen molar-refractivity contribution < 1.29 is 13.2 Å². The number of benzene rings is 1. The number of hydrogen-bond donors (Lipinski definition) is 1. The Kier molecular flexibility index (Phi) is 5.16. The van der Waals surface area contributed by atoms with E-state index in [0.717, 1.165) is 6.26 Å². The van der Waals surface area contributed by atoms with Crippen molar-refractivity contribution in [1.82, 2.24) is 4.90 Å². The number of carbonyl (C=O) groups is 1. The highest BCUT2D eigenvalue weighted by Crippen LogP contribution is 2.42. The number of sulfone groups is 1. The normalized spacial score (nSPS) is 22.1. The van der Waals surface area contributed by atoms with E-state index in [1.807, 2.05) is 18.2 Å². The number of hydrogen-bond acceptors (Lipinski definition) is 4. The topological polar surface area (TPSA) is 80.5 Å². The van der Waals surface area contributed by atoms with E-state index in [1.165, 1.54) is 5.56 Å². The summed E-state index contributed by atoms with van der Waals surface area (Å²) in [6.45, 7) is 5.57. The first kappa shape index (κ1) is 17.9. The summed E-state index contributed by atoms with van der Waals surface area (Å²) < 4.78 is 22.5. The molecule has 0 saturated carbocycles. The largest absolute Gasteiger partial charge is 0.340 e. The average molecular weight is 338 g/mol. The lowest BCUT2D eigenvalue weighted by Gasteiger charge is -2.25. The second-order valence-electron chi connectivity index (χ2n) is 7.20. The van der Waals surface area contributed by atoms with E-state index in [-0.39, 0.29) is 29.4 Å². The lowest BCUT2D eigenvalue weighted by Crippen LogP contribution is -2.44. The van der Waals surface area contributed by atoms with Gasteiger partial charge in [-0.25, -0.2) is 8.42 Å². The quantitative estimate of drug-likeness (QED) is 0.880. The lowest BCUT2D eigenvalue weighted by molar-refractivity contribution is -0.131. The fourth-order valence-electron chi connectivity index (χ4n) is 3.24. The van der Waals surface area contributed by atoms with Crippen LogP contribution in [0.2, 0.25) is 0 Å². The summed E-state index contributed by atoms with van der Waals surface area (Å²) in [4.78, 5) is 14.3. The fraction of sp³-hybridized carbons (Fsp3) is 0.588. The summed E-state index contributed by atoms with van der Waals surface area (Å²) in [5, 5.41) is 0. The maximum Gasteiger partial charge on any atom is 0.239 e. The molecule has 1 aromatic carbocycles. The molecule has 23 heavy (non-hydrogen) atoms. The molecule has 1 heterocycles. The van der Waals surface area contributed by atoms with Crippen molar-refractivity contribution in [1.29, 1.82) is 0 Å². The van der Waals surface area contributed by atoms with Gasteiger partial charge in [-0.2, -0.15) is 0 Å². The van der Waals surface area contributed by atoms with E-state index in [1.54, 1.807) is 4.90 Å². The van der Waals surface area contributed by atoms with Crippen LogP contribution in [0, 0.1) is 5.41 Å². The Morgan fingerprint density at radius 3 is 2.52 bits per heavy atom. The number of nitrogens with zero attached hydrogens (tertiary/aromatic N) is 1. The molecule has 0 aromatic heterocycles.